The summed E-state index contributed by atoms with van der Waals surface area (Å²) < 4.78 is 0. The van der Waals surface area contributed by atoms with Gasteiger partial charge in [0.15, 0.2) is 0 Å². The van der Waals surface area contributed by atoms with Crippen LogP contribution < -0.4 is 5.32 Å². The SMILES string of the molecule is O=C(NC1CCCCCCC1C(=O)O)C1Cc2ccccc2S1. The molecule has 0 aromatic heterocycles. The molecule has 124 valence electrons. The van der Waals surface area contributed by atoms with Crippen LogP contribution in [0.5, 0.6) is 0 Å². The van der Waals surface area contributed by atoms with Gasteiger partial charge in [-0.1, -0.05) is 43.9 Å². The van der Waals surface area contributed by atoms with Crippen molar-refractivity contribution in [2.24, 2.45) is 5.92 Å². The summed E-state index contributed by atoms with van der Waals surface area (Å²) in [5, 5.41) is 12.4. The van der Waals surface area contributed by atoms with E-state index < -0.39 is 11.9 Å². The summed E-state index contributed by atoms with van der Waals surface area (Å²) in [7, 11) is 0. The Balaban J connectivity index is 1.65. The van der Waals surface area contributed by atoms with Crippen LogP contribution in [-0.4, -0.2) is 28.3 Å². The molecule has 3 rings (SSSR count). The zero-order valence-corrected chi connectivity index (χ0v) is 14.0. The molecule has 1 aromatic rings. The van der Waals surface area contributed by atoms with Crippen LogP contribution in [0.3, 0.4) is 0 Å². The molecule has 1 amide bonds. The van der Waals surface area contributed by atoms with Gasteiger partial charge in [-0.05, 0) is 30.9 Å². The van der Waals surface area contributed by atoms with Crippen LogP contribution in [0.2, 0.25) is 0 Å². The van der Waals surface area contributed by atoms with Crippen molar-refractivity contribution in [2.75, 3.05) is 0 Å². The first-order valence-electron chi connectivity index (χ1n) is 8.43. The van der Waals surface area contributed by atoms with Crippen molar-refractivity contribution in [3.63, 3.8) is 0 Å². The normalized spacial score (nSPS) is 27.6. The summed E-state index contributed by atoms with van der Waals surface area (Å²) in [6, 6.07) is 7.86. The number of carboxylic acids is 1. The van der Waals surface area contributed by atoms with E-state index in [9.17, 15) is 14.7 Å². The summed E-state index contributed by atoms with van der Waals surface area (Å²) in [5.74, 6) is -1.24. The Labute approximate surface area is 141 Å². The topological polar surface area (TPSA) is 66.4 Å². The van der Waals surface area contributed by atoms with E-state index in [1.807, 2.05) is 18.2 Å². The van der Waals surface area contributed by atoms with Gasteiger partial charge < -0.3 is 10.4 Å². The van der Waals surface area contributed by atoms with Gasteiger partial charge in [-0.2, -0.15) is 0 Å². The monoisotopic (exact) mass is 333 g/mol. The number of thioether (sulfide) groups is 1. The quantitative estimate of drug-likeness (QED) is 0.891. The van der Waals surface area contributed by atoms with Gasteiger partial charge in [0.1, 0.15) is 0 Å². The van der Waals surface area contributed by atoms with Crippen LogP contribution in [0.4, 0.5) is 0 Å². The number of hydrogen-bond donors (Lipinski definition) is 2. The molecule has 1 fully saturated rings. The molecule has 0 radical (unpaired) electrons. The van der Waals surface area contributed by atoms with E-state index in [1.54, 1.807) is 11.8 Å². The highest BCUT2D eigenvalue weighted by Gasteiger charge is 2.34. The average molecular weight is 333 g/mol. The minimum absolute atomic E-state index is 0.0111. The Bertz CT molecular complexity index is 564. The average Bonchev–Trinajstić information content (AvgIpc) is 2.93. The standard InChI is InChI=1S/C18H23NO3S/c20-17(16-11-12-7-5-6-10-15(12)23-16)19-14-9-4-2-1-3-8-13(14)18(21)22/h5-7,10,13-14,16H,1-4,8-9,11H2,(H,19,20)(H,21,22). The lowest BCUT2D eigenvalue weighted by molar-refractivity contribution is -0.143. The van der Waals surface area contributed by atoms with E-state index in [1.165, 1.54) is 10.5 Å². The lowest BCUT2D eigenvalue weighted by Gasteiger charge is -2.28. The molecular formula is C18H23NO3S. The lowest BCUT2D eigenvalue weighted by Crippen LogP contribution is -2.46. The highest BCUT2D eigenvalue weighted by molar-refractivity contribution is 8.01. The fraction of sp³-hybridized carbons (Fsp3) is 0.556. The Morgan fingerprint density at radius 2 is 1.83 bits per heavy atom. The van der Waals surface area contributed by atoms with Gasteiger partial charge in [-0.3, -0.25) is 9.59 Å². The summed E-state index contributed by atoms with van der Waals surface area (Å²) in [6.45, 7) is 0. The second-order valence-electron chi connectivity index (χ2n) is 6.47. The third kappa shape index (κ3) is 3.89. The number of fused-ring (bicyclic) bond motifs is 1. The van der Waals surface area contributed by atoms with E-state index >= 15 is 0 Å². The van der Waals surface area contributed by atoms with Crippen LogP contribution in [0.15, 0.2) is 29.2 Å². The number of carboxylic acid groups (broad SMARTS) is 1. The zero-order chi connectivity index (χ0) is 16.2. The number of carbonyl (C=O) groups is 2. The maximum atomic E-state index is 12.6. The maximum absolute atomic E-state index is 12.6. The van der Waals surface area contributed by atoms with E-state index in [2.05, 4.69) is 11.4 Å². The predicted molar refractivity (Wildman–Crippen MR) is 90.5 cm³/mol. The molecule has 2 aliphatic rings. The maximum Gasteiger partial charge on any atom is 0.308 e. The number of aliphatic carboxylic acids is 1. The fourth-order valence-electron chi connectivity index (χ4n) is 3.56. The van der Waals surface area contributed by atoms with Gasteiger partial charge in [0, 0.05) is 10.9 Å². The lowest BCUT2D eigenvalue weighted by atomic mass is 9.86. The van der Waals surface area contributed by atoms with Gasteiger partial charge in [0.25, 0.3) is 0 Å². The van der Waals surface area contributed by atoms with Gasteiger partial charge in [-0.25, -0.2) is 0 Å². The third-order valence-corrected chi connectivity index (χ3v) is 6.17. The number of hydrogen-bond acceptors (Lipinski definition) is 3. The summed E-state index contributed by atoms with van der Waals surface area (Å²) >= 11 is 1.59. The van der Waals surface area contributed by atoms with Gasteiger partial charge in [0.2, 0.25) is 5.91 Å². The van der Waals surface area contributed by atoms with Crippen molar-refractivity contribution >= 4 is 23.6 Å². The van der Waals surface area contributed by atoms with E-state index in [4.69, 9.17) is 0 Å². The van der Waals surface area contributed by atoms with E-state index in [0.717, 1.165) is 38.5 Å². The van der Waals surface area contributed by atoms with Crippen molar-refractivity contribution < 1.29 is 14.7 Å². The van der Waals surface area contributed by atoms with Crippen molar-refractivity contribution in [1.29, 1.82) is 0 Å². The highest BCUT2D eigenvalue weighted by Crippen LogP contribution is 2.37. The summed E-state index contributed by atoms with van der Waals surface area (Å²) in [4.78, 5) is 25.3. The Morgan fingerprint density at radius 3 is 2.57 bits per heavy atom. The largest absolute Gasteiger partial charge is 0.481 e. The number of benzene rings is 1. The van der Waals surface area contributed by atoms with Crippen LogP contribution in [0, 0.1) is 5.92 Å². The zero-order valence-electron chi connectivity index (χ0n) is 13.2. The number of rotatable bonds is 3. The van der Waals surface area contributed by atoms with Crippen LogP contribution in [-0.2, 0) is 16.0 Å². The van der Waals surface area contributed by atoms with E-state index in [-0.39, 0.29) is 17.2 Å². The van der Waals surface area contributed by atoms with Gasteiger partial charge >= 0.3 is 5.97 Å². The van der Waals surface area contributed by atoms with Crippen LogP contribution in [0.25, 0.3) is 0 Å². The molecule has 0 bridgehead atoms. The molecule has 1 aliphatic heterocycles. The second-order valence-corrected chi connectivity index (χ2v) is 7.71. The molecule has 1 aromatic carbocycles. The highest BCUT2D eigenvalue weighted by atomic mass is 32.2. The van der Waals surface area contributed by atoms with Crippen molar-refractivity contribution in [3.8, 4) is 0 Å². The van der Waals surface area contributed by atoms with Crippen LogP contribution >= 0.6 is 11.8 Å². The molecule has 1 aliphatic carbocycles. The molecule has 0 saturated heterocycles. The van der Waals surface area contributed by atoms with Gasteiger partial charge in [-0.15, -0.1) is 11.8 Å². The summed E-state index contributed by atoms with van der Waals surface area (Å²) in [5.41, 5.74) is 1.21. The number of amides is 1. The Morgan fingerprint density at radius 1 is 1.09 bits per heavy atom. The predicted octanol–water partition coefficient (Wildman–Crippen LogP) is 3.24. The minimum Gasteiger partial charge on any atom is -0.481 e. The Hall–Kier alpha value is -1.49. The van der Waals surface area contributed by atoms with Crippen LogP contribution in [0.1, 0.15) is 44.1 Å². The second kappa shape index (κ2) is 7.39. The molecule has 23 heavy (non-hydrogen) atoms. The van der Waals surface area contributed by atoms with Crippen molar-refractivity contribution in [1.82, 2.24) is 5.32 Å². The Kier molecular flexibility index (Phi) is 5.26. The molecule has 3 unspecified atom stereocenters. The molecular weight excluding hydrogens is 310 g/mol. The molecule has 0 spiro atoms. The molecule has 3 atom stereocenters. The molecule has 1 saturated carbocycles. The molecule has 2 N–H and O–H groups in total. The number of nitrogens with one attached hydrogen (secondary N) is 1. The molecule has 4 nitrogen and oxygen atoms in total. The summed E-state index contributed by atoms with van der Waals surface area (Å²) in [6.07, 6.45) is 6.32. The third-order valence-electron chi connectivity index (χ3n) is 4.85. The van der Waals surface area contributed by atoms with Gasteiger partial charge in [0.05, 0.1) is 11.2 Å². The number of carbonyl (C=O) groups excluding carboxylic acids is 1. The van der Waals surface area contributed by atoms with Crippen molar-refractivity contribution in [3.05, 3.63) is 29.8 Å². The first-order valence-corrected chi connectivity index (χ1v) is 9.31. The first-order chi connectivity index (χ1) is 11.1. The van der Waals surface area contributed by atoms with Crippen molar-refractivity contribution in [2.45, 2.75) is 61.1 Å². The smallest absolute Gasteiger partial charge is 0.308 e. The minimum atomic E-state index is -0.778. The van der Waals surface area contributed by atoms with E-state index in [0.29, 0.717) is 6.42 Å². The molecule has 1 heterocycles. The fourth-order valence-corrected chi connectivity index (χ4v) is 4.76. The first kappa shape index (κ1) is 16.4. The molecule has 5 heteroatoms.